The molecule has 0 spiro atoms. The standard InChI is InChI=1S/C48H72N4O40/c53-4-14-36-23(61)30(68)44(81-14)89-38-16(6-55)83-46(32(70)25(38)63)91-40-18(8-57)85-48(34(72)27(40)65)92-41-19(9-58)84-47(33(71)26(41)64)90-39-17(7-56)82-45(31(69)24(39)62)88-37-15(5-54)80-43(29(67)22(37)60)86-35-13(79-42(87-36)28(66)21(35)59)3-49-20-11(51(75)76)1-10(50(73)74)2-12(20)52(77)78/h1-2,13-19,21-49,53-72H,3-9H2/t13-,14-,15-,16-,17-,18-,19-,21-,22-,23-,24-,25-,26-,27-,28-,29-,30-,31-,32-,33-,34-,35-,36-,37-,38-,39-,40-,41-,42-,43-,44-,45-,46-,47-,48-/m1/s1. The van der Waals surface area contributed by atoms with Crippen molar-refractivity contribution in [3.05, 3.63) is 42.5 Å². The Morgan fingerprint density at radius 1 is 0.293 bits per heavy atom. The van der Waals surface area contributed by atoms with Gasteiger partial charge >= 0.3 is 11.4 Å². The topological polar surface area (TPSA) is 675 Å². The lowest BCUT2D eigenvalue weighted by molar-refractivity contribution is -0.402. The zero-order valence-corrected chi connectivity index (χ0v) is 47.3. The molecular weight excluding hydrogens is 1270 g/mol. The molecule has 1 aromatic rings. The van der Waals surface area contributed by atoms with Gasteiger partial charge < -0.3 is 174 Å². The van der Waals surface area contributed by atoms with Crippen LogP contribution in [0.25, 0.3) is 0 Å². The Labute approximate surface area is 514 Å². The number of nitrogens with one attached hydrogen (secondary N) is 1. The van der Waals surface area contributed by atoms with Crippen LogP contribution in [0.5, 0.6) is 0 Å². The quantitative estimate of drug-likeness (QED) is 0.0682. The van der Waals surface area contributed by atoms with Crippen LogP contribution in [0.15, 0.2) is 12.1 Å². The fourth-order valence-corrected chi connectivity index (χ4v) is 11.8. The lowest BCUT2D eigenvalue weighted by Gasteiger charge is -2.50. The Morgan fingerprint density at radius 2 is 0.478 bits per heavy atom. The summed E-state index contributed by atoms with van der Waals surface area (Å²) >= 11 is 0. The normalized spacial score (nSPS) is 48.1. The number of nitro groups is 3. The predicted octanol–water partition coefficient (Wildman–Crippen LogP) is -13.4. The van der Waals surface area contributed by atoms with Crippen molar-refractivity contribution in [3.63, 3.8) is 0 Å². The van der Waals surface area contributed by atoms with Gasteiger partial charge in [-0.05, 0) is 0 Å². The lowest BCUT2D eigenvalue weighted by atomic mass is 9.95. The molecule has 1 aromatic carbocycles. The molecule has 14 bridgehead atoms. The molecule has 35 atom stereocenters. The van der Waals surface area contributed by atoms with Gasteiger partial charge in [0.15, 0.2) is 49.7 Å². The number of aliphatic hydroxyl groups is 20. The molecule has 22 rings (SSSR count). The van der Waals surface area contributed by atoms with Crippen LogP contribution in [0.1, 0.15) is 0 Å². The van der Waals surface area contributed by atoms with E-state index >= 15 is 0 Å². The molecule has 21 saturated heterocycles. The first-order chi connectivity index (χ1) is 43.6. The second kappa shape index (κ2) is 30.1. The maximum absolute atomic E-state index is 12.3. The zero-order chi connectivity index (χ0) is 67.2. The van der Waals surface area contributed by atoms with Gasteiger partial charge in [-0.3, -0.25) is 30.3 Å². The Bertz CT molecular complexity index is 2590. The number of nitro benzene ring substituents is 3. The SMILES string of the molecule is O=[N+]([O-])c1cc([N+](=O)[O-])c(NC[C@H]2O[C@@H]3O[C@H]4[C@H](O)[C@@H](O)[C@@H](O[C@H]5[C@H](O)[C@@H](O)[C@@H](O[C@H]6[C@H](O)[C@@H](O)[C@@H](O[C@H]7[C@H](O)[C@@H](O)[C@@H](O[C@H]8[C@H](O)[C@@H](O)[C@@H](O[C@H]9[C@H](O)[C@@H](O)[C@@H](O[C@H]2[C@H](O)[C@H]3O)O[C@@H]9CO)O[C@@H]8CO)O[C@@H]7CO)O[C@@H]6CO)O[C@@H]5CO)O[C@@H]4CO)c([N+](=O)[O-])c1. The molecule has 0 aromatic heterocycles. The maximum atomic E-state index is 12.3. The number of rotatable bonds is 12. The first-order valence-corrected chi connectivity index (χ1v) is 28.3. The third-order valence-electron chi connectivity index (χ3n) is 16.8. The van der Waals surface area contributed by atoms with Crippen molar-refractivity contribution >= 4 is 22.7 Å². The molecule has 44 heteroatoms. The summed E-state index contributed by atoms with van der Waals surface area (Å²) in [6, 6.07) is 0.670. The molecule has 524 valence electrons. The van der Waals surface area contributed by atoms with Gasteiger partial charge in [0.1, 0.15) is 171 Å². The number of ether oxygens (including phenoxy) is 14. The van der Waals surface area contributed by atoms with Crippen LogP contribution in [0, 0.1) is 30.3 Å². The summed E-state index contributed by atoms with van der Waals surface area (Å²) in [5, 5.41) is 262. The first kappa shape index (κ1) is 72.1. The number of nitrogens with zero attached hydrogens (tertiary/aromatic N) is 3. The Balaban J connectivity index is 1.05. The Kier molecular flexibility index (Phi) is 23.6. The minimum Gasteiger partial charge on any atom is -0.394 e. The summed E-state index contributed by atoms with van der Waals surface area (Å²) < 4.78 is 80.2. The first-order valence-electron chi connectivity index (χ1n) is 28.3. The number of anilines is 1. The van der Waals surface area contributed by atoms with Gasteiger partial charge in [0.25, 0.3) is 5.69 Å². The minimum atomic E-state index is -2.47. The minimum absolute atomic E-state index is 0.335. The van der Waals surface area contributed by atoms with Gasteiger partial charge in [0.05, 0.1) is 66.5 Å². The van der Waals surface area contributed by atoms with Crippen molar-refractivity contribution in [2.45, 2.75) is 215 Å². The second-order valence-corrected chi connectivity index (χ2v) is 22.5. The summed E-state index contributed by atoms with van der Waals surface area (Å²) in [6.07, 6.45) is -75.6. The molecule has 0 amide bonds. The fourth-order valence-electron chi connectivity index (χ4n) is 11.8. The summed E-state index contributed by atoms with van der Waals surface area (Å²) in [4.78, 5) is 32.5. The largest absolute Gasteiger partial charge is 0.394 e. The Hall–Kier alpha value is -4.14. The second-order valence-electron chi connectivity index (χ2n) is 22.5. The van der Waals surface area contributed by atoms with E-state index < -0.39 is 299 Å². The third-order valence-corrected chi connectivity index (χ3v) is 16.8. The smallest absolute Gasteiger partial charge is 0.306 e. The highest BCUT2D eigenvalue weighted by Crippen LogP contribution is 2.42. The molecular formula is C48H72N4O40. The number of non-ortho nitro benzene ring substituents is 1. The van der Waals surface area contributed by atoms with E-state index in [0.717, 1.165) is 0 Å². The summed E-state index contributed by atoms with van der Waals surface area (Å²) in [5.74, 6) is 0. The van der Waals surface area contributed by atoms with Crippen LogP contribution < -0.4 is 5.32 Å². The van der Waals surface area contributed by atoms with Crippen molar-refractivity contribution in [2.75, 3.05) is 51.5 Å². The van der Waals surface area contributed by atoms with E-state index in [1.54, 1.807) is 0 Å². The van der Waals surface area contributed by atoms with Gasteiger partial charge in [-0.1, -0.05) is 0 Å². The van der Waals surface area contributed by atoms with Gasteiger partial charge in [0, 0.05) is 6.54 Å². The number of benzene rings is 1. The molecule has 44 nitrogen and oxygen atoms in total. The number of hydrogen-bond donors (Lipinski definition) is 21. The molecule has 0 aliphatic carbocycles. The summed E-state index contributed by atoms with van der Waals surface area (Å²) in [7, 11) is 0. The van der Waals surface area contributed by atoms with Crippen molar-refractivity contribution in [1.82, 2.24) is 0 Å². The summed E-state index contributed by atoms with van der Waals surface area (Å²) in [6.45, 7) is -7.97. The highest BCUT2D eigenvalue weighted by atomic mass is 16.8. The van der Waals surface area contributed by atoms with Crippen molar-refractivity contribution in [3.8, 4) is 0 Å². The maximum Gasteiger partial charge on any atom is 0.306 e. The summed E-state index contributed by atoms with van der Waals surface area (Å²) in [5.41, 5.74) is -4.72. The molecule has 0 saturated carbocycles. The Morgan fingerprint density at radius 3 is 0.652 bits per heavy atom. The fraction of sp³-hybridized carbons (Fsp3) is 0.875. The van der Waals surface area contributed by atoms with E-state index in [-0.39, 0.29) is 0 Å². The third kappa shape index (κ3) is 14.2. The van der Waals surface area contributed by atoms with Crippen LogP contribution in [-0.4, -0.2) is 378 Å². The van der Waals surface area contributed by atoms with E-state index in [2.05, 4.69) is 5.32 Å². The lowest BCUT2D eigenvalue weighted by Crippen LogP contribution is -2.68. The molecule has 21 N–H and O–H groups in total. The van der Waals surface area contributed by atoms with E-state index in [1.807, 2.05) is 0 Å². The monoisotopic (exact) mass is 1340 g/mol. The van der Waals surface area contributed by atoms with Gasteiger partial charge in [0.2, 0.25) is 0 Å². The van der Waals surface area contributed by atoms with Crippen molar-refractivity contribution in [1.29, 1.82) is 0 Å². The van der Waals surface area contributed by atoms with Crippen LogP contribution in [0.3, 0.4) is 0 Å². The van der Waals surface area contributed by atoms with Crippen LogP contribution in [0.4, 0.5) is 22.7 Å². The van der Waals surface area contributed by atoms with Crippen molar-refractivity contribution < 1.29 is 183 Å². The van der Waals surface area contributed by atoms with Crippen LogP contribution in [0.2, 0.25) is 0 Å². The average Bonchev–Trinajstić information content (AvgIpc) is 0.785. The van der Waals surface area contributed by atoms with Crippen LogP contribution >= 0.6 is 0 Å². The molecule has 0 unspecified atom stereocenters. The van der Waals surface area contributed by atoms with Gasteiger partial charge in [-0.25, -0.2) is 0 Å². The van der Waals surface area contributed by atoms with E-state index in [0.29, 0.717) is 12.1 Å². The highest BCUT2D eigenvalue weighted by Gasteiger charge is 2.60. The number of hydrogen-bond acceptors (Lipinski definition) is 41. The van der Waals surface area contributed by atoms with E-state index in [9.17, 15) is 132 Å². The average molecular weight is 1350 g/mol. The van der Waals surface area contributed by atoms with Crippen LogP contribution in [-0.2, 0) is 66.3 Å². The molecule has 92 heavy (non-hydrogen) atoms. The molecule has 0 radical (unpaired) electrons. The van der Waals surface area contributed by atoms with Crippen molar-refractivity contribution in [2.24, 2.45) is 0 Å². The number of aliphatic hydroxyl groups excluding tert-OH is 20. The predicted molar refractivity (Wildman–Crippen MR) is 276 cm³/mol. The molecule has 21 aliphatic rings. The molecule has 21 aliphatic heterocycles. The highest BCUT2D eigenvalue weighted by molar-refractivity contribution is 5.77. The van der Waals surface area contributed by atoms with E-state index in [4.69, 9.17) is 66.3 Å². The van der Waals surface area contributed by atoms with E-state index in [1.165, 1.54) is 0 Å². The molecule has 21 heterocycles. The van der Waals surface area contributed by atoms with Gasteiger partial charge in [-0.2, -0.15) is 0 Å². The molecule has 21 fully saturated rings. The van der Waals surface area contributed by atoms with Gasteiger partial charge in [-0.15, -0.1) is 0 Å². The zero-order valence-electron chi connectivity index (χ0n) is 47.3.